The second kappa shape index (κ2) is 7.11. The predicted octanol–water partition coefficient (Wildman–Crippen LogP) is 3.06. The fourth-order valence-corrected chi connectivity index (χ4v) is 3.01. The number of hydrogen-bond acceptors (Lipinski definition) is 5. The van der Waals surface area contributed by atoms with E-state index in [-0.39, 0.29) is 5.92 Å². The van der Waals surface area contributed by atoms with Crippen molar-refractivity contribution in [3.63, 3.8) is 0 Å². The van der Waals surface area contributed by atoms with E-state index in [0.29, 0.717) is 11.8 Å². The highest BCUT2D eigenvalue weighted by Crippen LogP contribution is 2.30. The molecule has 1 aliphatic heterocycles. The molecule has 0 saturated carbocycles. The number of aromatic nitrogens is 2. The van der Waals surface area contributed by atoms with Crippen LogP contribution in [0.1, 0.15) is 37.1 Å². The van der Waals surface area contributed by atoms with Crippen LogP contribution in [0.2, 0.25) is 5.02 Å². The summed E-state index contributed by atoms with van der Waals surface area (Å²) in [6, 6.07) is 7.90. The molecule has 1 aromatic heterocycles. The van der Waals surface area contributed by atoms with Crippen LogP contribution in [-0.4, -0.2) is 36.3 Å². The van der Waals surface area contributed by atoms with Crippen LogP contribution in [0.3, 0.4) is 0 Å². The van der Waals surface area contributed by atoms with Crippen molar-refractivity contribution in [2.75, 3.05) is 31.1 Å². The molecule has 0 spiro atoms. The first-order valence-corrected chi connectivity index (χ1v) is 8.20. The van der Waals surface area contributed by atoms with Crippen molar-refractivity contribution in [2.45, 2.75) is 25.7 Å². The molecule has 1 aromatic carbocycles. The third-order valence-electron chi connectivity index (χ3n) is 3.96. The minimum Gasteiger partial charge on any atom is -0.337 e. The second-order valence-corrected chi connectivity index (χ2v) is 6.00. The van der Waals surface area contributed by atoms with Gasteiger partial charge in [0, 0.05) is 31.2 Å². The van der Waals surface area contributed by atoms with Crippen molar-refractivity contribution in [2.24, 2.45) is 0 Å². The van der Waals surface area contributed by atoms with Gasteiger partial charge in [0.05, 0.1) is 5.92 Å². The minimum absolute atomic E-state index is 0.105. The first-order chi connectivity index (χ1) is 10.8. The summed E-state index contributed by atoms with van der Waals surface area (Å²) in [6.45, 7) is 5.89. The quantitative estimate of drug-likeness (QED) is 0.917. The molecule has 2 aromatic rings. The summed E-state index contributed by atoms with van der Waals surface area (Å²) in [6.07, 6.45) is 2.01. The molecule has 1 aliphatic rings. The highest BCUT2D eigenvalue weighted by atomic mass is 35.5. The van der Waals surface area contributed by atoms with Gasteiger partial charge in [0.25, 0.3) is 5.95 Å². The van der Waals surface area contributed by atoms with Crippen LogP contribution in [0.5, 0.6) is 0 Å². The molecule has 3 rings (SSSR count). The van der Waals surface area contributed by atoms with E-state index in [2.05, 4.69) is 33.3 Å². The SMILES string of the molecule is CCCC(c1cccc(Cl)c1)c1nc(N2CCNCC2)no1. The van der Waals surface area contributed by atoms with Gasteiger partial charge in [0.15, 0.2) is 0 Å². The first-order valence-electron chi connectivity index (χ1n) is 7.82. The molecule has 5 nitrogen and oxygen atoms in total. The van der Waals surface area contributed by atoms with E-state index in [1.807, 2.05) is 18.2 Å². The summed E-state index contributed by atoms with van der Waals surface area (Å²) in [5.74, 6) is 1.48. The van der Waals surface area contributed by atoms with Crippen LogP contribution in [0.25, 0.3) is 0 Å². The van der Waals surface area contributed by atoms with Crippen LogP contribution in [-0.2, 0) is 0 Å². The number of piperazine rings is 1. The third kappa shape index (κ3) is 3.42. The second-order valence-electron chi connectivity index (χ2n) is 5.57. The van der Waals surface area contributed by atoms with Crippen molar-refractivity contribution in [1.29, 1.82) is 0 Å². The largest absolute Gasteiger partial charge is 0.337 e. The van der Waals surface area contributed by atoms with Crippen molar-refractivity contribution in [3.05, 3.63) is 40.7 Å². The molecule has 2 heterocycles. The molecular formula is C16H21ClN4O. The Balaban J connectivity index is 1.84. The number of rotatable bonds is 5. The summed E-state index contributed by atoms with van der Waals surface area (Å²) < 4.78 is 5.56. The van der Waals surface area contributed by atoms with Gasteiger partial charge in [-0.3, -0.25) is 0 Å². The van der Waals surface area contributed by atoms with Crippen LogP contribution in [0.15, 0.2) is 28.8 Å². The van der Waals surface area contributed by atoms with Crippen LogP contribution >= 0.6 is 11.6 Å². The van der Waals surface area contributed by atoms with E-state index in [1.54, 1.807) is 0 Å². The summed E-state index contributed by atoms with van der Waals surface area (Å²) in [5, 5.41) is 8.23. The Morgan fingerprint density at radius 3 is 2.91 bits per heavy atom. The molecule has 0 aliphatic carbocycles. The summed E-state index contributed by atoms with van der Waals surface area (Å²) in [4.78, 5) is 6.79. The average molecular weight is 321 g/mol. The van der Waals surface area contributed by atoms with Crippen molar-refractivity contribution >= 4 is 17.5 Å². The first kappa shape index (κ1) is 15.3. The molecule has 0 amide bonds. The van der Waals surface area contributed by atoms with E-state index in [4.69, 9.17) is 16.1 Å². The fourth-order valence-electron chi connectivity index (χ4n) is 2.81. The normalized spacial score (nSPS) is 16.7. The highest BCUT2D eigenvalue weighted by Gasteiger charge is 2.23. The molecule has 0 bridgehead atoms. The van der Waals surface area contributed by atoms with E-state index in [9.17, 15) is 0 Å². The Kier molecular flexibility index (Phi) is 4.95. The van der Waals surface area contributed by atoms with Gasteiger partial charge < -0.3 is 14.7 Å². The number of nitrogens with zero attached hydrogens (tertiary/aromatic N) is 3. The predicted molar refractivity (Wildman–Crippen MR) is 87.6 cm³/mol. The molecule has 1 fully saturated rings. The Bertz CT molecular complexity index is 610. The number of anilines is 1. The molecule has 22 heavy (non-hydrogen) atoms. The summed E-state index contributed by atoms with van der Waals surface area (Å²) >= 11 is 6.12. The lowest BCUT2D eigenvalue weighted by molar-refractivity contribution is 0.358. The number of benzene rings is 1. The maximum atomic E-state index is 6.12. The van der Waals surface area contributed by atoms with Gasteiger partial charge in [-0.1, -0.05) is 37.1 Å². The molecule has 1 N–H and O–H groups in total. The standard InChI is InChI=1S/C16H21ClN4O/c1-2-4-14(12-5-3-6-13(17)11-12)15-19-16(20-22-15)21-9-7-18-8-10-21/h3,5-6,11,14,18H,2,4,7-10H2,1H3. The minimum atomic E-state index is 0.105. The fraction of sp³-hybridized carbons (Fsp3) is 0.500. The van der Waals surface area contributed by atoms with Crippen LogP contribution in [0, 0.1) is 0 Å². The molecular weight excluding hydrogens is 300 g/mol. The molecule has 118 valence electrons. The van der Waals surface area contributed by atoms with Crippen LogP contribution < -0.4 is 10.2 Å². The van der Waals surface area contributed by atoms with Gasteiger partial charge in [-0.2, -0.15) is 4.98 Å². The Morgan fingerprint density at radius 2 is 2.18 bits per heavy atom. The zero-order valence-corrected chi connectivity index (χ0v) is 13.5. The van der Waals surface area contributed by atoms with Crippen molar-refractivity contribution in [3.8, 4) is 0 Å². The summed E-state index contributed by atoms with van der Waals surface area (Å²) in [7, 11) is 0. The van der Waals surface area contributed by atoms with E-state index < -0.39 is 0 Å². The molecule has 1 saturated heterocycles. The average Bonchev–Trinajstić information content (AvgIpc) is 3.03. The van der Waals surface area contributed by atoms with E-state index in [1.165, 1.54) is 0 Å². The van der Waals surface area contributed by atoms with Gasteiger partial charge in [0.1, 0.15) is 0 Å². The lowest BCUT2D eigenvalue weighted by Crippen LogP contribution is -2.44. The zero-order valence-electron chi connectivity index (χ0n) is 12.8. The molecule has 1 unspecified atom stereocenters. The monoisotopic (exact) mass is 320 g/mol. The number of halogens is 1. The highest BCUT2D eigenvalue weighted by molar-refractivity contribution is 6.30. The van der Waals surface area contributed by atoms with E-state index >= 15 is 0 Å². The maximum absolute atomic E-state index is 6.12. The zero-order chi connectivity index (χ0) is 15.4. The lowest BCUT2D eigenvalue weighted by Gasteiger charge is -2.25. The van der Waals surface area contributed by atoms with Gasteiger partial charge in [-0.25, -0.2) is 0 Å². The van der Waals surface area contributed by atoms with Crippen LogP contribution in [0.4, 0.5) is 5.95 Å². The van der Waals surface area contributed by atoms with Gasteiger partial charge >= 0.3 is 0 Å². The maximum Gasteiger partial charge on any atom is 0.266 e. The van der Waals surface area contributed by atoms with E-state index in [0.717, 1.165) is 49.6 Å². The van der Waals surface area contributed by atoms with Crippen molar-refractivity contribution in [1.82, 2.24) is 15.5 Å². The van der Waals surface area contributed by atoms with Gasteiger partial charge in [-0.05, 0) is 29.3 Å². The smallest absolute Gasteiger partial charge is 0.266 e. The molecule has 1 atom stereocenters. The Morgan fingerprint density at radius 1 is 1.36 bits per heavy atom. The molecule has 6 heteroatoms. The van der Waals surface area contributed by atoms with Crippen molar-refractivity contribution < 1.29 is 4.52 Å². The number of hydrogen-bond donors (Lipinski definition) is 1. The lowest BCUT2D eigenvalue weighted by atomic mass is 9.94. The third-order valence-corrected chi connectivity index (χ3v) is 4.19. The van der Waals surface area contributed by atoms with Gasteiger partial charge in [0.2, 0.25) is 5.89 Å². The topological polar surface area (TPSA) is 54.2 Å². The Labute approximate surface area is 135 Å². The molecule has 0 radical (unpaired) electrons. The number of nitrogens with one attached hydrogen (secondary N) is 1. The van der Waals surface area contributed by atoms with Gasteiger partial charge in [-0.15, -0.1) is 0 Å². The summed E-state index contributed by atoms with van der Waals surface area (Å²) in [5.41, 5.74) is 1.13. The Hall–Kier alpha value is -1.59.